The van der Waals surface area contributed by atoms with E-state index in [0.29, 0.717) is 4.90 Å². The van der Waals surface area contributed by atoms with Crippen LogP contribution in [0.15, 0.2) is 29.2 Å². The van der Waals surface area contributed by atoms with Gasteiger partial charge < -0.3 is 5.73 Å². The summed E-state index contributed by atoms with van der Waals surface area (Å²) in [5, 5.41) is 0. The fourth-order valence-electron chi connectivity index (χ4n) is 1.16. The lowest BCUT2D eigenvalue weighted by Gasteiger charge is -2.07. The van der Waals surface area contributed by atoms with Crippen molar-refractivity contribution in [3.05, 3.63) is 29.8 Å². The molecule has 2 N–H and O–H groups in total. The molecule has 4 heteroatoms. The molecule has 3 nitrogen and oxygen atoms in total. The number of benzene rings is 1. The van der Waals surface area contributed by atoms with Gasteiger partial charge in [-0.25, -0.2) is 8.42 Å². The van der Waals surface area contributed by atoms with Crippen LogP contribution in [0.3, 0.4) is 0 Å². The minimum absolute atomic E-state index is 0.120. The molecule has 0 bridgehead atoms. The van der Waals surface area contributed by atoms with E-state index in [2.05, 4.69) is 0 Å². The molecule has 1 atom stereocenters. The van der Waals surface area contributed by atoms with E-state index in [9.17, 15) is 8.42 Å². The van der Waals surface area contributed by atoms with Gasteiger partial charge in [-0.15, -0.1) is 0 Å². The summed E-state index contributed by atoms with van der Waals surface area (Å²) in [6.07, 6.45) is 0. The maximum Gasteiger partial charge on any atom is 0.178 e. The number of rotatable bonds is 3. The van der Waals surface area contributed by atoms with E-state index in [1.165, 1.54) is 0 Å². The molecule has 1 aromatic rings. The summed E-state index contributed by atoms with van der Waals surface area (Å²) in [5.74, 6) is 0.120. The lowest BCUT2D eigenvalue weighted by molar-refractivity contribution is 0.597. The SMILES string of the molecule is CCS(=O)(=O)c1cccc([C@@H](C)N)c1. The standard InChI is InChI=1S/C10H15NO2S/c1-3-14(12,13)10-6-4-5-9(7-10)8(2)11/h4-8H,3,11H2,1-2H3/t8-/m1/s1. The van der Waals surface area contributed by atoms with Gasteiger partial charge in [-0.3, -0.25) is 0 Å². The van der Waals surface area contributed by atoms with Crippen molar-refractivity contribution in [1.82, 2.24) is 0 Å². The van der Waals surface area contributed by atoms with Crippen LogP contribution < -0.4 is 5.73 Å². The summed E-state index contributed by atoms with van der Waals surface area (Å²) in [5.41, 5.74) is 6.52. The van der Waals surface area contributed by atoms with Crippen LogP contribution in [0.1, 0.15) is 25.5 Å². The van der Waals surface area contributed by atoms with E-state index >= 15 is 0 Å². The molecule has 0 aliphatic carbocycles. The van der Waals surface area contributed by atoms with E-state index in [4.69, 9.17) is 5.73 Å². The molecule has 0 heterocycles. The van der Waals surface area contributed by atoms with Crippen molar-refractivity contribution in [3.63, 3.8) is 0 Å². The van der Waals surface area contributed by atoms with Crippen molar-refractivity contribution < 1.29 is 8.42 Å². The molecular weight excluding hydrogens is 198 g/mol. The summed E-state index contributed by atoms with van der Waals surface area (Å²) < 4.78 is 23.1. The second-order valence-electron chi connectivity index (χ2n) is 3.26. The molecule has 0 fully saturated rings. The topological polar surface area (TPSA) is 60.2 Å². The van der Waals surface area contributed by atoms with Crippen LogP contribution in [0.2, 0.25) is 0 Å². The minimum atomic E-state index is -3.11. The van der Waals surface area contributed by atoms with Gasteiger partial charge in [0, 0.05) is 6.04 Å². The molecule has 14 heavy (non-hydrogen) atoms. The van der Waals surface area contributed by atoms with Crippen LogP contribution in [-0.4, -0.2) is 14.2 Å². The Hall–Kier alpha value is -0.870. The smallest absolute Gasteiger partial charge is 0.178 e. The number of hydrogen-bond acceptors (Lipinski definition) is 3. The molecule has 0 aromatic heterocycles. The highest BCUT2D eigenvalue weighted by Crippen LogP contribution is 2.16. The molecule has 0 spiro atoms. The molecule has 0 aliphatic heterocycles. The third-order valence-electron chi connectivity index (χ3n) is 2.12. The van der Waals surface area contributed by atoms with Crippen LogP contribution in [0.4, 0.5) is 0 Å². The van der Waals surface area contributed by atoms with E-state index in [0.717, 1.165) is 5.56 Å². The van der Waals surface area contributed by atoms with Gasteiger partial charge in [0.15, 0.2) is 9.84 Å². The van der Waals surface area contributed by atoms with Gasteiger partial charge in [-0.05, 0) is 24.6 Å². The summed E-state index contributed by atoms with van der Waals surface area (Å²) in [7, 11) is -3.11. The first kappa shape index (κ1) is 11.2. The Kier molecular flexibility index (Phi) is 3.29. The van der Waals surface area contributed by atoms with Crippen LogP contribution >= 0.6 is 0 Å². The van der Waals surface area contributed by atoms with Gasteiger partial charge in [0.05, 0.1) is 10.6 Å². The zero-order chi connectivity index (χ0) is 10.8. The molecule has 0 amide bonds. The molecule has 0 radical (unpaired) electrons. The van der Waals surface area contributed by atoms with Crippen molar-refractivity contribution in [2.24, 2.45) is 5.73 Å². The monoisotopic (exact) mass is 213 g/mol. The van der Waals surface area contributed by atoms with E-state index in [-0.39, 0.29) is 11.8 Å². The number of hydrogen-bond donors (Lipinski definition) is 1. The van der Waals surface area contributed by atoms with Crippen LogP contribution in [0.5, 0.6) is 0 Å². The Morgan fingerprint density at radius 1 is 1.43 bits per heavy atom. The Balaban J connectivity index is 3.19. The molecule has 0 aliphatic rings. The highest BCUT2D eigenvalue weighted by atomic mass is 32.2. The molecule has 1 rings (SSSR count). The molecule has 78 valence electrons. The largest absolute Gasteiger partial charge is 0.324 e. The van der Waals surface area contributed by atoms with Crippen molar-refractivity contribution in [3.8, 4) is 0 Å². The predicted octanol–water partition coefficient (Wildman–Crippen LogP) is 1.50. The summed E-state index contributed by atoms with van der Waals surface area (Å²) in [4.78, 5) is 0.356. The summed E-state index contributed by atoms with van der Waals surface area (Å²) in [6, 6.07) is 6.66. The van der Waals surface area contributed by atoms with Gasteiger partial charge >= 0.3 is 0 Å². The fraction of sp³-hybridized carbons (Fsp3) is 0.400. The van der Waals surface area contributed by atoms with Crippen LogP contribution in [0.25, 0.3) is 0 Å². The van der Waals surface area contributed by atoms with Crippen molar-refractivity contribution in [2.45, 2.75) is 24.8 Å². The summed E-state index contributed by atoms with van der Waals surface area (Å²) in [6.45, 7) is 3.46. The van der Waals surface area contributed by atoms with E-state index in [1.54, 1.807) is 25.1 Å². The predicted molar refractivity (Wildman–Crippen MR) is 56.8 cm³/mol. The third kappa shape index (κ3) is 2.33. The van der Waals surface area contributed by atoms with Crippen molar-refractivity contribution >= 4 is 9.84 Å². The maximum absolute atomic E-state index is 11.5. The first-order chi connectivity index (χ1) is 6.47. The zero-order valence-electron chi connectivity index (χ0n) is 8.40. The van der Waals surface area contributed by atoms with Gasteiger partial charge in [0.1, 0.15) is 0 Å². The second-order valence-corrected chi connectivity index (χ2v) is 5.54. The van der Waals surface area contributed by atoms with Crippen molar-refractivity contribution in [1.29, 1.82) is 0 Å². The van der Waals surface area contributed by atoms with Gasteiger partial charge in [0.25, 0.3) is 0 Å². The quantitative estimate of drug-likeness (QED) is 0.827. The van der Waals surface area contributed by atoms with Crippen molar-refractivity contribution in [2.75, 3.05) is 5.75 Å². The average molecular weight is 213 g/mol. The Labute approximate surface area is 84.9 Å². The average Bonchev–Trinajstić information content (AvgIpc) is 2.18. The van der Waals surface area contributed by atoms with E-state index < -0.39 is 9.84 Å². The van der Waals surface area contributed by atoms with Gasteiger partial charge in [-0.1, -0.05) is 19.1 Å². The third-order valence-corrected chi connectivity index (χ3v) is 3.86. The molecule has 0 saturated carbocycles. The summed E-state index contributed by atoms with van der Waals surface area (Å²) >= 11 is 0. The first-order valence-corrected chi connectivity index (χ1v) is 6.21. The Bertz CT molecular complexity index is 410. The highest BCUT2D eigenvalue weighted by Gasteiger charge is 2.12. The second kappa shape index (κ2) is 4.11. The lowest BCUT2D eigenvalue weighted by atomic mass is 10.1. The Morgan fingerprint density at radius 2 is 2.07 bits per heavy atom. The first-order valence-electron chi connectivity index (χ1n) is 4.55. The number of nitrogens with two attached hydrogens (primary N) is 1. The molecule has 0 saturated heterocycles. The fourth-order valence-corrected chi connectivity index (χ4v) is 2.09. The van der Waals surface area contributed by atoms with Gasteiger partial charge in [-0.2, -0.15) is 0 Å². The van der Waals surface area contributed by atoms with Crippen LogP contribution in [0, 0.1) is 0 Å². The number of sulfone groups is 1. The molecule has 1 aromatic carbocycles. The Morgan fingerprint density at radius 3 is 2.57 bits per heavy atom. The molecular formula is C10H15NO2S. The molecule has 0 unspecified atom stereocenters. The minimum Gasteiger partial charge on any atom is -0.324 e. The highest BCUT2D eigenvalue weighted by molar-refractivity contribution is 7.91. The van der Waals surface area contributed by atoms with Crippen LogP contribution in [-0.2, 0) is 9.84 Å². The maximum atomic E-state index is 11.5. The zero-order valence-corrected chi connectivity index (χ0v) is 9.21. The normalized spacial score (nSPS) is 13.9. The van der Waals surface area contributed by atoms with Gasteiger partial charge in [0.2, 0.25) is 0 Å². The lowest BCUT2D eigenvalue weighted by Crippen LogP contribution is -2.08. The van der Waals surface area contributed by atoms with E-state index in [1.807, 2.05) is 13.0 Å².